The molecule has 0 atom stereocenters. The van der Waals surface area contributed by atoms with Crippen LogP contribution in [-0.4, -0.2) is 18.8 Å². The molecule has 28 heavy (non-hydrogen) atoms. The number of nitrogens with one attached hydrogen (secondary N) is 2. The van der Waals surface area contributed by atoms with Gasteiger partial charge in [-0.3, -0.25) is 9.63 Å². The monoisotopic (exact) mass is 506 g/mol. The van der Waals surface area contributed by atoms with E-state index in [1.165, 1.54) is 24.7 Å². The number of ether oxygens (including phenoxy) is 2. The lowest BCUT2D eigenvalue weighted by atomic mass is 10.1. The van der Waals surface area contributed by atoms with Crippen molar-refractivity contribution in [1.29, 1.82) is 0 Å². The molecule has 0 unspecified atom stereocenters. The summed E-state index contributed by atoms with van der Waals surface area (Å²) in [6.45, 7) is 0.0519. The van der Waals surface area contributed by atoms with E-state index in [0.29, 0.717) is 9.99 Å². The van der Waals surface area contributed by atoms with Crippen LogP contribution in [0.3, 0.4) is 0 Å². The van der Waals surface area contributed by atoms with Crippen molar-refractivity contribution in [3.8, 4) is 0 Å². The topological polar surface area (TPSA) is 68.8 Å². The van der Waals surface area contributed by atoms with Crippen LogP contribution in [0, 0.1) is 21.0 Å². The molecule has 6 nitrogen and oxygen atoms in total. The van der Waals surface area contributed by atoms with Gasteiger partial charge in [-0.1, -0.05) is 0 Å². The van der Waals surface area contributed by atoms with Crippen LogP contribution in [0.1, 0.15) is 16.8 Å². The quantitative estimate of drug-likeness (QED) is 0.332. The van der Waals surface area contributed by atoms with Crippen LogP contribution < -0.4 is 10.8 Å². The fraction of sp³-hybridized carbons (Fsp3) is 0.167. The lowest BCUT2D eigenvalue weighted by Crippen LogP contribution is -2.26. The highest BCUT2D eigenvalue weighted by Gasteiger charge is 2.20. The van der Waals surface area contributed by atoms with Crippen LogP contribution in [0.5, 0.6) is 0 Å². The van der Waals surface area contributed by atoms with Gasteiger partial charge in [0.15, 0.2) is 11.6 Å². The molecule has 2 aromatic rings. The second kappa shape index (κ2) is 9.15. The Morgan fingerprint density at radius 1 is 1.11 bits per heavy atom. The smallest absolute Gasteiger partial charge is 0.277 e. The first kappa shape index (κ1) is 20.3. The number of hydroxylamine groups is 1. The average molecular weight is 506 g/mol. The van der Waals surface area contributed by atoms with E-state index in [0.717, 1.165) is 12.1 Å². The van der Waals surface area contributed by atoms with Gasteiger partial charge in [-0.2, -0.15) is 0 Å². The van der Waals surface area contributed by atoms with Crippen molar-refractivity contribution in [1.82, 2.24) is 5.48 Å². The Hall–Kier alpha value is -2.47. The second-order valence-electron chi connectivity index (χ2n) is 5.58. The van der Waals surface area contributed by atoms with Crippen molar-refractivity contribution in [3.63, 3.8) is 0 Å². The molecular formula is C18H14F3IN2O4. The van der Waals surface area contributed by atoms with Gasteiger partial charge in [-0.25, -0.2) is 18.7 Å². The lowest BCUT2D eigenvalue weighted by Gasteiger charge is -2.15. The predicted octanol–water partition coefficient (Wildman–Crippen LogP) is 4.35. The zero-order valence-electron chi connectivity index (χ0n) is 14.2. The Labute approximate surface area is 171 Å². The summed E-state index contributed by atoms with van der Waals surface area (Å²) in [5.41, 5.74) is 1.25. The van der Waals surface area contributed by atoms with Gasteiger partial charge in [-0.05, 0) is 52.9 Å². The van der Waals surface area contributed by atoms with E-state index in [-0.39, 0.29) is 17.9 Å². The largest absolute Gasteiger partial charge is 0.459 e. The minimum atomic E-state index is -1.32. The molecule has 0 fully saturated rings. The van der Waals surface area contributed by atoms with Gasteiger partial charge >= 0.3 is 0 Å². The molecule has 0 spiro atoms. The lowest BCUT2D eigenvalue weighted by molar-refractivity contribution is -0.0558. The first-order chi connectivity index (χ1) is 13.5. The summed E-state index contributed by atoms with van der Waals surface area (Å²) < 4.78 is 52.7. The van der Waals surface area contributed by atoms with Gasteiger partial charge in [-0.15, -0.1) is 0 Å². The second-order valence-corrected chi connectivity index (χ2v) is 6.82. The summed E-state index contributed by atoms with van der Waals surface area (Å²) in [4.78, 5) is 17.3. The SMILES string of the molecule is O=C(NOCCC1OC=CO1)c1ccc(F)c(F)c1Nc1ccc(I)cc1F. The molecule has 0 radical (unpaired) electrons. The summed E-state index contributed by atoms with van der Waals surface area (Å²) in [6.07, 6.45) is 2.57. The van der Waals surface area contributed by atoms with Crippen LogP contribution in [0.2, 0.25) is 0 Å². The molecule has 1 amide bonds. The average Bonchev–Trinajstić information content (AvgIpc) is 3.18. The number of hydrogen-bond acceptors (Lipinski definition) is 5. The van der Waals surface area contributed by atoms with E-state index in [9.17, 15) is 18.0 Å². The van der Waals surface area contributed by atoms with Gasteiger partial charge in [0.05, 0.1) is 23.5 Å². The minimum absolute atomic E-state index is 0.0519. The highest BCUT2D eigenvalue weighted by Crippen LogP contribution is 2.28. The molecule has 1 heterocycles. The number of hydrogen-bond donors (Lipinski definition) is 2. The number of carbonyl (C=O) groups is 1. The van der Waals surface area contributed by atoms with Gasteiger partial charge in [0.2, 0.25) is 6.29 Å². The third kappa shape index (κ3) is 4.87. The molecule has 0 bridgehead atoms. The Morgan fingerprint density at radius 2 is 1.86 bits per heavy atom. The van der Waals surface area contributed by atoms with Gasteiger partial charge in [0, 0.05) is 9.99 Å². The number of halogens is 4. The van der Waals surface area contributed by atoms with Crippen molar-refractivity contribution >= 4 is 39.9 Å². The Morgan fingerprint density at radius 3 is 2.57 bits per heavy atom. The Kier molecular flexibility index (Phi) is 6.62. The van der Waals surface area contributed by atoms with Gasteiger partial charge < -0.3 is 14.8 Å². The third-order valence-electron chi connectivity index (χ3n) is 3.67. The molecule has 10 heteroatoms. The molecule has 1 aliphatic heterocycles. The maximum absolute atomic E-state index is 14.3. The molecule has 0 saturated heterocycles. The van der Waals surface area contributed by atoms with Crippen molar-refractivity contribution in [3.05, 3.63) is 69.4 Å². The number of rotatable bonds is 7. The summed E-state index contributed by atoms with van der Waals surface area (Å²) >= 11 is 1.91. The summed E-state index contributed by atoms with van der Waals surface area (Å²) in [5, 5.41) is 2.44. The van der Waals surface area contributed by atoms with Gasteiger partial charge in [0.1, 0.15) is 18.3 Å². The van der Waals surface area contributed by atoms with E-state index >= 15 is 0 Å². The Balaban J connectivity index is 1.71. The van der Waals surface area contributed by atoms with E-state index in [2.05, 4.69) is 10.8 Å². The number of anilines is 2. The maximum atomic E-state index is 14.3. The maximum Gasteiger partial charge on any atom is 0.277 e. The normalized spacial score (nSPS) is 13.1. The zero-order chi connectivity index (χ0) is 20.1. The van der Waals surface area contributed by atoms with Crippen LogP contribution in [0.25, 0.3) is 0 Å². The molecule has 2 aromatic carbocycles. The van der Waals surface area contributed by atoms with E-state index in [1.54, 1.807) is 6.07 Å². The Bertz CT molecular complexity index is 903. The molecule has 3 rings (SSSR count). The zero-order valence-corrected chi connectivity index (χ0v) is 16.3. The van der Waals surface area contributed by atoms with E-state index in [4.69, 9.17) is 14.3 Å². The third-order valence-corrected chi connectivity index (χ3v) is 4.34. The van der Waals surface area contributed by atoms with Gasteiger partial charge in [0.25, 0.3) is 5.91 Å². The summed E-state index contributed by atoms with van der Waals surface area (Å²) in [7, 11) is 0. The molecule has 1 aliphatic rings. The van der Waals surface area contributed by atoms with Crippen molar-refractivity contribution in [2.45, 2.75) is 12.7 Å². The molecule has 2 N–H and O–H groups in total. The van der Waals surface area contributed by atoms with Crippen LogP contribution in [0.15, 0.2) is 42.9 Å². The van der Waals surface area contributed by atoms with Crippen molar-refractivity contribution in [2.75, 3.05) is 11.9 Å². The van der Waals surface area contributed by atoms with E-state index in [1.807, 2.05) is 22.6 Å². The molecule has 0 aromatic heterocycles. The van der Waals surface area contributed by atoms with Crippen LogP contribution >= 0.6 is 22.6 Å². The number of amides is 1. The standard InChI is InChI=1S/C18H14F3IN2O4/c19-12-3-2-11(18(25)24-28-6-5-15-26-7-8-27-15)17(16(12)21)23-14-4-1-10(22)9-13(14)20/h1-4,7-9,15,23H,5-6H2,(H,24,25). The number of carbonyl (C=O) groups excluding carboxylic acids is 1. The highest BCUT2D eigenvalue weighted by atomic mass is 127. The number of benzene rings is 2. The van der Waals surface area contributed by atoms with Crippen molar-refractivity contribution < 1.29 is 32.3 Å². The summed E-state index contributed by atoms with van der Waals surface area (Å²) in [5.74, 6) is -4.01. The van der Waals surface area contributed by atoms with Crippen molar-refractivity contribution in [2.24, 2.45) is 0 Å². The predicted molar refractivity (Wildman–Crippen MR) is 102 cm³/mol. The van der Waals surface area contributed by atoms with E-state index < -0.39 is 35.3 Å². The summed E-state index contributed by atoms with van der Waals surface area (Å²) in [6, 6.07) is 6.01. The molecule has 148 valence electrons. The van der Waals surface area contributed by atoms with Crippen LogP contribution in [0.4, 0.5) is 24.5 Å². The first-order valence-electron chi connectivity index (χ1n) is 8.04. The molecule has 0 saturated carbocycles. The minimum Gasteiger partial charge on any atom is -0.459 e. The first-order valence-corrected chi connectivity index (χ1v) is 9.11. The fourth-order valence-electron chi connectivity index (χ4n) is 2.32. The van der Waals surface area contributed by atoms with Crippen LogP contribution in [-0.2, 0) is 14.3 Å². The fourth-order valence-corrected chi connectivity index (χ4v) is 2.78. The molecular weight excluding hydrogens is 492 g/mol. The molecule has 0 aliphatic carbocycles. The highest BCUT2D eigenvalue weighted by molar-refractivity contribution is 14.1.